The summed E-state index contributed by atoms with van der Waals surface area (Å²) in [6.07, 6.45) is 4.70. The highest BCUT2D eigenvalue weighted by atomic mass is 16.5. The van der Waals surface area contributed by atoms with Gasteiger partial charge in [0.15, 0.2) is 5.65 Å². The number of hydrogen-bond acceptors (Lipinski definition) is 4. The average Bonchev–Trinajstić information content (AvgIpc) is 3.01. The molecule has 2 aromatic heterocycles. The Morgan fingerprint density at radius 2 is 2.09 bits per heavy atom. The molecule has 3 aromatic rings. The van der Waals surface area contributed by atoms with Gasteiger partial charge in [0.2, 0.25) is 0 Å². The Bertz CT molecular complexity index is 866. The first kappa shape index (κ1) is 13.1. The van der Waals surface area contributed by atoms with Crippen LogP contribution in [0.4, 0.5) is 0 Å². The van der Waals surface area contributed by atoms with E-state index in [1.807, 2.05) is 12.3 Å². The molecule has 4 heterocycles. The summed E-state index contributed by atoms with van der Waals surface area (Å²) in [5.74, 6) is 1.06. The van der Waals surface area contributed by atoms with E-state index in [2.05, 4.69) is 45.3 Å². The summed E-state index contributed by atoms with van der Waals surface area (Å²) in [5.41, 5.74) is 3.85. The van der Waals surface area contributed by atoms with Crippen LogP contribution in [0.1, 0.15) is 11.1 Å². The maximum Gasteiger partial charge on any atom is 0.155 e. The Kier molecular flexibility index (Phi) is 2.73. The molecule has 5 rings (SSSR count). The fourth-order valence-corrected chi connectivity index (χ4v) is 3.91. The molecule has 0 N–H and O–H groups in total. The predicted molar refractivity (Wildman–Crippen MR) is 86.3 cm³/mol. The van der Waals surface area contributed by atoms with Gasteiger partial charge in [0.1, 0.15) is 12.1 Å². The van der Waals surface area contributed by atoms with Gasteiger partial charge in [0, 0.05) is 31.2 Å². The van der Waals surface area contributed by atoms with E-state index in [-0.39, 0.29) is 0 Å². The average molecular weight is 306 g/mol. The minimum absolute atomic E-state index is 0.299. The van der Waals surface area contributed by atoms with Gasteiger partial charge in [0.05, 0.1) is 6.61 Å². The van der Waals surface area contributed by atoms with E-state index >= 15 is 0 Å². The Morgan fingerprint density at radius 1 is 1.17 bits per heavy atom. The van der Waals surface area contributed by atoms with Crippen LogP contribution >= 0.6 is 0 Å². The Morgan fingerprint density at radius 3 is 3.04 bits per heavy atom. The van der Waals surface area contributed by atoms with Gasteiger partial charge in [-0.05, 0) is 35.7 Å². The summed E-state index contributed by atoms with van der Waals surface area (Å²) in [4.78, 5) is 6.74. The highest BCUT2D eigenvalue weighted by Crippen LogP contribution is 2.41. The smallest absolute Gasteiger partial charge is 0.155 e. The molecule has 1 spiro atoms. The lowest BCUT2D eigenvalue weighted by atomic mass is 9.74. The fourth-order valence-electron chi connectivity index (χ4n) is 3.91. The molecule has 0 amide bonds. The molecule has 0 aliphatic carbocycles. The Labute approximate surface area is 134 Å². The summed E-state index contributed by atoms with van der Waals surface area (Å²) in [6.45, 7) is 3.99. The highest BCUT2D eigenvalue weighted by molar-refractivity contribution is 5.40. The van der Waals surface area contributed by atoms with Gasteiger partial charge in [-0.3, -0.25) is 4.90 Å². The van der Waals surface area contributed by atoms with Crippen LogP contribution in [0.25, 0.3) is 5.65 Å². The second-order valence-electron chi connectivity index (χ2n) is 6.82. The quantitative estimate of drug-likeness (QED) is 0.728. The van der Waals surface area contributed by atoms with Crippen molar-refractivity contribution in [1.82, 2.24) is 19.5 Å². The maximum absolute atomic E-state index is 5.98. The SMILES string of the molecule is c1ccc2c(c1)CC1(CO2)CN(Cc2ccn3ncnc3c2)C1. The zero-order chi connectivity index (χ0) is 15.3. The second kappa shape index (κ2) is 4.80. The molecule has 0 radical (unpaired) electrons. The van der Waals surface area contributed by atoms with Crippen molar-refractivity contribution in [2.24, 2.45) is 5.41 Å². The van der Waals surface area contributed by atoms with E-state index in [1.165, 1.54) is 11.1 Å². The van der Waals surface area contributed by atoms with Crippen molar-refractivity contribution >= 4 is 5.65 Å². The molecule has 5 heteroatoms. The van der Waals surface area contributed by atoms with Crippen LogP contribution in [-0.4, -0.2) is 39.2 Å². The number of benzene rings is 1. The largest absolute Gasteiger partial charge is 0.493 e. The van der Waals surface area contributed by atoms with Crippen molar-refractivity contribution in [3.63, 3.8) is 0 Å². The molecular weight excluding hydrogens is 288 g/mol. The van der Waals surface area contributed by atoms with Gasteiger partial charge in [-0.15, -0.1) is 0 Å². The summed E-state index contributed by atoms with van der Waals surface area (Å²) in [7, 11) is 0. The molecule has 5 nitrogen and oxygen atoms in total. The number of fused-ring (bicyclic) bond motifs is 2. The maximum atomic E-state index is 5.98. The van der Waals surface area contributed by atoms with Crippen LogP contribution in [0.15, 0.2) is 48.9 Å². The van der Waals surface area contributed by atoms with Crippen molar-refractivity contribution in [2.45, 2.75) is 13.0 Å². The van der Waals surface area contributed by atoms with Crippen LogP contribution in [0, 0.1) is 5.41 Å². The van der Waals surface area contributed by atoms with Crippen LogP contribution in [0.2, 0.25) is 0 Å². The molecule has 2 aliphatic rings. The number of nitrogens with zero attached hydrogens (tertiary/aromatic N) is 4. The van der Waals surface area contributed by atoms with Gasteiger partial charge < -0.3 is 4.74 Å². The number of rotatable bonds is 2. The molecule has 23 heavy (non-hydrogen) atoms. The van der Waals surface area contributed by atoms with Crippen molar-refractivity contribution in [1.29, 1.82) is 0 Å². The minimum atomic E-state index is 0.299. The zero-order valence-electron chi connectivity index (χ0n) is 12.9. The summed E-state index contributed by atoms with van der Waals surface area (Å²) in [5, 5.41) is 4.14. The second-order valence-corrected chi connectivity index (χ2v) is 6.82. The Balaban J connectivity index is 1.28. The van der Waals surface area contributed by atoms with E-state index in [0.717, 1.165) is 44.1 Å². The van der Waals surface area contributed by atoms with E-state index in [4.69, 9.17) is 4.74 Å². The third kappa shape index (κ3) is 2.19. The summed E-state index contributed by atoms with van der Waals surface area (Å²) in [6, 6.07) is 12.7. The molecule has 2 aliphatic heterocycles. The summed E-state index contributed by atoms with van der Waals surface area (Å²) >= 11 is 0. The standard InChI is InChI=1S/C18H18N4O/c1-2-4-16-15(3-1)8-18(12-23-16)10-21(11-18)9-14-5-6-22-17(7-14)19-13-20-22/h1-7,13H,8-12H2. The van der Waals surface area contributed by atoms with Crippen LogP contribution < -0.4 is 4.74 Å². The molecule has 0 unspecified atom stereocenters. The van der Waals surface area contributed by atoms with Crippen molar-refractivity contribution < 1.29 is 4.74 Å². The first-order valence-corrected chi connectivity index (χ1v) is 8.01. The number of para-hydroxylation sites is 1. The monoisotopic (exact) mass is 306 g/mol. The topological polar surface area (TPSA) is 42.7 Å². The number of ether oxygens (including phenoxy) is 1. The third-order valence-electron chi connectivity index (χ3n) is 4.94. The molecule has 0 atom stereocenters. The van der Waals surface area contributed by atoms with Gasteiger partial charge in [-0.2, -0.15) is 5.10 Å². The van der Waals surface area contributed by atoms with Gasteiger partial charge in [0.25, 0.3) is 0 Å². The normalized spacial score (nSPS) is 19.3. The molecule has 0 bridgehead atoms. The summed E-state index contributed by atoms with van der Waals surface area (Å²) < 4.78 is 7.78. The first-order valence-electron chi connectivity index (χ1n) is 8.01. The van der Waals surface area contributed by atoms with Crippen LogP contribution in [-0.2, 0) is 13.0 Å². The van der Waals surface area contributed by atoms with Gasteiger partial charge in [-0.25, -0.2) is 9.50 Å². The fraction of sp³-hybridized carbons (Fsp3) is 0.333. The molecule has 1 aromatic carbocycles. The number of hydrogen-bond donors (Lipinski definition) is 0. The minimum Gasteiger partial charge on any atom is -0.493 e. The van der Waals surface area contributed by atoms with Crippen LogP contribution in [0.5, 0.6) is 5.75 Å². The number of pyridine rings is 1. The van der Waals surface area contributed by atoms with Gasteiger partial charge >= 0.3 is 0 Å². The molecule has 1 saturated heterocycles. The van der Waals surface area contributed by atoms with Crippen LogP contribution in [0.3, 0.4) is 0 Å². The third-order valence-corrected chi connectivity index (χ3v) is 4.94. The molecule has 1 fully saturated rings. The molecule has 116 valence electrons. The van der Waals surface area contributed by atoms with Gasteiger partial charge in [-0.1, -0.05) is 18.2 Å². The lowest BCUT2D eigenvalue weighted by molar-refractivity contribution is -0.0478. The van der Waals surface area contributed by atoms with Crippen molar-refractivity contribution in [3.8, 4) is 5.75 Å². The first-order chi connectivity index (χ1) is 11.3. The van der Waals surface area contributed by atoms with Crippen molar-refractivity contribution in [3.05, 3.63) is 60.0 Å². The zero-order valence-corrected chi connectivity index (χ0v) is 12.9. The molecular formula is C18H18N4O. The van der Waals surface area contributed by atoms with E-state index in [9.17, 15) is 0 Å². The Hall–Kier alpha value is -2.40. The lowest BCUT2D eigenvalue weighted by Gasteiger charge is -2.52. The molecule has 0 saturated carbocycles. The van der Waals surface area contributed by atoms with E-state index in [1.54, 1.807) is 10.8 Å². The lowest BCUT2D eigenvalue weighted by Crippen LogP contribution is -2.60. The predicted octanol–water partition coefficient (Wildman–Crippen LogP) is 2.17. The van der Waals surface area contributed by atoms with Crippen molar-refractivity contribution in [2.75, 3.05) is 19.7 Å². The number of aromatic nitrogens is 3. The van der Waals surface area contributed by atoms with E-state index < -0.39 is 0 Å². The highest BCUT2D eigenvalue weighted by Gasteiger charge is 2.45. The number of likely N-dealkylation sites (tertiary alicyclic amines) is 1. The van der Waals surface area contributed by atoms with E-state index in [0.29, 0.717) is 5.41 Å².